The van der Waals surface area contributed by atoms with Gasteiger partial charge in [-0.05, 0) is 44.7 Å². The van der Waals surface area contributed by atoms with E-state index in [9.17, 15) is 9.59 Å². The summed E-state index contributed by atoms with van der Waals surface area (Å²) in [6.07, 6.45) is 12.3. The summed E-state index contributed by atoms with van der Waals surface area (Å²) in [5.74, 6) is 0.396. The number of nitrogens with one attached hydrogen (secondary N) is 1. The number of thioether (sulfide) groups is 1. The first-order valence-electron chi connectivity index (χ1n) is 13.0. The molecule has 0 spiro atoms. The Morgan fingerprint density at radius 2 is 1.62 bits per heavy atom. The molecular formula is C27H36N4O2S. The van der Waals surface area contributed by atoms with Crippen LogP contribution in [-0.4, -0.2) is 44.3 Å². The predicted octanol–water partition coefficient (Wildman–Crippen LogP) is 5.33. The van der Waals surface area contributed by atoms with Gasteiger partial charge in [0.05, 0.1) is 17.1 Å². The average molecular weight is 481 g/mol. The molecule has 0 bridgehead atoms. The number of carbonyl (C=O) groups excluding carboxylic acids is 2. The minimum atomic E-state index is -0.610. The number of para-hydroxylation sites is 1. The van der Waals surface area contributed by atoms with Crippen molar-refractivity contribution in [3.05, 3.63) is 41.6 Å². The second kappa shape index (κ2) is 10.5. The van der Waals surface area contributed by atoms with Crippen LogP contribution in [-0.2, 0) is 9.59 Å². The Kier molecular flexibility index (Phi) is 7.28. The Balaban J connectivity index is 1.56. The first-order valence-corrected chi connectivity index (χ1v) is 14.0. The van der Waals surface area contributed by atoms with Crippen LogP contribution in [0.25, 0.3) is 5.69 Å². The Morgan fingerprint density at radius 3 is 2.32 bits per heavy atom. The predicted molar refractivity (Wildman–Crippen MR) is 135 cm³/mol. The fourth-order valence-corrected chi connectivity index (χ4v) is 7.03. The lowest BCUT2D eigenvalue weighted by molar-refractivity contribution is -0.142. The maximum atomic E-state index is 14.0. The largest absolute Gasteiger partial charge is 0.351 e. The summed E-state index contributed by atoms with van der Waals surface area (Å²) >= 11 is 1.53. The first kappa shape index (κ1) is 23.5. The lowest BCUT2D eigenvalue weighted by atomic mass is 9.91. The summed E-state index contributed by atoms with van der Waals surface area (Å²) in [7, 11) is 0. The van der Waals surface area contributed by atoms with Gasteiger partial charge in [0.1, 0.15) is 11.1 Å². The van der Waals surface area contributed by atoms with Crippen molar-refractivity contribution in [3.63, 3.8) is 0 Å². The van der Waals surface area contributed by atoms with Gasteiger partial charge in [0.15, 0.2) is 0 Å². The van der Waals surface area contributed by atoms with Crippen molar-refractivity contribution >= 4 is 23.6 Å². The summed E-state index contributed by atoms with van der Waals surface area (Å²) in [5, 5.41) is 9.19. The van der Waals surface area contributed by atoms with E-state index in [0.29, 0.717) is 5.75 Å². The standard InChI is InChI=1S/C27H36N4O2S/c1-19-24-25(26(33)28-20-12-6-2-3-7-13-20)30(21-14-8-4-9-15-21)23(32)18-34-27(24)31(29-19)22-16-10-5-11-17-22/h5,10-11,16-17,20-21,25H,2-4,6-9,12-15,18H2,1H3,(H,28,33). The van der Waals surface area contributed by atoms with Crippen molar-refractivity contribution in [1.29, 1.82) is 0 Å². The van der Waals surface area contributed by atoms with Crippen molar-refractivity contribution in [3.8, 4) is 5.69 Å². The molecule has 2 fully saturated rings. The molecule has 0 radical (unpaired) electrons. The molecule has 5 rings (SSSR count). The van der Waals surface area contributed by atoms with E-state index in [4.69, 9.17) is 5.10 Å². The fourth-order valence-electron chi connectivity index (χ4n) is 5.94. The quantitative estimate of drug-likeness (QED) is 0.601. The zero-order chi connectivity index (χ0) is 23.5. The van der Waals surface area contributed by atoms with Crippen LogP contribution in [0.1, 0.15) is 87.9 Å². The molecule has 2 amide bonds. The lowest BCUT2D eigenvalue weighted by Gasteiger charge is -2.39. The number of aryl methyl sites for hydroxylation is 1. The molecule has 2 aliphatic carbocycles. The lowest BCUT2D eigenvalue weighted by Crippen LogP contribution is -2.51. The van der Waals surface area contributed by atoms with Gasteiger partial charge < -0.3 is 10.2 Å². The molecule has 1 N–H and O–H groups in total. The van der Waals surface area contributed by atoms with Crippen molar-refractivity contribution in [2.24, 2.45) is 0 Å². The molecule has 1 aliphatic heterocycles. The molecule has 2 saturated carbocycles. The smallest absolute Gasteiger partial charge is 0.247 e. The van der Waals surface area contributed by atoms with Gasteiger partial charge in [-0.3, -0.25) is 9.59 Å². The molecular weight excluding hydrogens is 444 g/mol. The summed E-state index contributed by atoms with van der Waals surface area (Å²) in [6.45, 7) is 1.99. The third kappa shape index (κ3) is 4.77. The molecule has 2 aromatic rings. The molecule has 1 unspecified atom stereocenters. The molecule has 2 heterocycles. The second-order valence-corrected chi connectivity index (χ2v) is 11.0. The highest BCUT2D eigenvalue weighted by Crippen LogP contribution is 2.41. The number of hydrogen-bond donors (Lipinski definition) is 1. The third-order valence-electron chi connectivity index (χ3n) is 7.65. The zero-order valence-corrected chi connectivity index (χ0v) is 21.0. The monoisotopic (exact) mass is 480 g/mol. The third-order valence-corrected chi connectivity index (χ3v) is 8.71. The van der Waals surface area contributed by atoms with Gasteiger partial charge >= 0.3 is 0 Å². The van der Waals surface area contributed by atoms with Gasteiger partial charge in [0.2, 0.25) is 11.8 Å². The molecule has 1 aromatic heterocycles. The van der Waals surface area contributed by atoms with E-state index >= 15 is 0 Å². The Bertz CT molecular complexity index is 1010. The summed E-state index contributed by atoms with van der Waals surface area (Å²) in [5.41, 5.74) is 2.71. The average Bonchev–Trinajstić information content (AvgIpc) is 3.01. The van der Waals surface area contributed by atoms with Crippen molar-refractivity contribution < 1.29 is 9.59 Å². The second-order valence-electron chi connectivity index (χ2n) is 10.0. The highest BCUT2D eigenvalue weighted by atomic mass is 32.2. The number of hydrogen-bond acceptors (Lipinski definition) is 4. The van der Waals surface area contributed by atoms with Crippen LogP contribution < -0.4 is 5.32 Å². The van der Waals surface area contributed by atoms with E-state index in [0.717, 1.165) is 73.3 Å². The van der Waals surface area contributed by atoms with E-state index in [1.807, 2.05) is 46.8 Å². The summed E-state index contributed by atoms with van der Waals surface area (Å²) in [6, 6.07) is 9.74. The summed E-state index contributed by atoms with van der Waals surface area (Å²) in [4.78, 5) is 29.6. The van der Waals surface area contributed by atoms with Crippen LogP contribution in [0, 0.1) is 6.92 Å². The highest BCUT2D eigenvalue weighted by molar-refractivity contribution is 8.00. The molecule has 6 nitrogen and oxygen atoms in total. The normalized spacial score (nSPS) is 22.7. The van der Waals surface area contributed by atoms with E-state index in [1.165, 1.54) is 31.0 Å². The number of rotatable bonds is 4. The van der Waals surface area contributed by atoms with Gasteiger partial charge in [-0.2, -0.15) is 5.10 Å². The Hall–Kier alpha value is -2.28. The van der Waals surface area contributed by atoms with Gasteiger partial charge in [0.25, 0.3) is 0 Å². The van der Waals surface area contributed by atoms with Crippen LogP contribution >= 0.6 is 11.8 Å². The van der Waals surface area contributed by atoms with Crippen molar-refractivity contribution in [2.45, 2.75) is 101 Å². The van der Waals surface area contributed by atoms with Crippen LogP contribution in [0.2, 0.25) is 0 Å². The Labute approximate surface area is 206 Å². The van der Waals surface area contributed by atoms with Crippen molar-refractivity contribution in [2.75, 3.05) is 5.75 Å². The first-order chi connectivity index (χ1) is 16.6. The van der Waals surface area contributed by atoms with E-state index < -0.39 is 6.04 Å². The molecule has 7 heteroatoms. The number of benzene rings is 1. The number of nitrogens with zero attached hydrogens (tertiary/aromatic N) is 3. The van der Waals surface area contributed by atoms with Crippen LogP contribution in [0.5, 0.6) is 0 Å². The van der Waals surface area contributed by atoms with E-state index in [2.05, 4.69) is 5.32 Å². The molecule has 1 aromatic carbocycles. The number of carbonyl (C=O) groups is 2. The number of fused-ring (bicyclic) bond motifs is 1. The van der Waals surface area contributed by atoms with Gasteiger partial charge in [0, 0.05) is 17.6 Å². The minimum absolute atomic E-state index is 0.0229. The van der Waals surface area contributed by atoms with Crippen LogP contribution in [0.4, 0.5) is 0 Å². The molecule has 34 heavy (non-hydrogen) atoms. The number of amides is 2. The summed E-state index contributed by atoms with van der Waals surface area (Å²) < 4.78 is 1.93. The van der Waals surface area contributed by atoms with E-state index in [1.54, 1.807) is 0 Å². The number of aromatic nitrogens is 2. The molecule has 0 saturated heterocycles. The molecule has 1 atom stereocenters. The fraction of sp³-hybridized carbons (Fsp3) is 0.593. The van der Waals surface area contributed by atoms with Crippen molar-refractivity contribution in [1.82, 2.24) is 20.0 Å². The van der Waals surface area contributed by atoms with Gasteiger partial charge in [-0.15, -0.1) is 0 Å². The SMILES string of the molecule is Cc1nn(-c2ccccc2)c2c1C(C(=O)NC1CCCCCC1)N(C1CCCCC1)C(=O)CS2. The Morgan fingerprint density at radius 1 is 0.971 bits per heavy atom. The highest BCUT2D eigenvalue weighted by Gasteiger charge is 2.43. The topological polar surface area (TPSA) is 67.2 Å². The van der Waals surface area contributed by atoms with Crippen LogP contribution in [0.3, 0.4) is 0 Å². The molecule has 182 valence electrons. The zero-order valence-electron chi connectivity index (χ0n) is 20.2. The maximum absolute atomic E-state index is 14.0. The molecule has 3 aliphatic rings. The van der Waals surface area contributed by atoms with Gasteiger partial charge in [-0.25, -0.2) is 4.68 Å². The minimum Gasteiger partial charge on any atom is -0.351 e. The van der Waals surface area contributed by atoms with Crippen LogP contribution in [0.15, 0.2) is 35.4 Å². The van der Waals surface area contributed by atoms with Gasteiger partial charge in [-0.1, -0.05) is 74.9 Å². The maximum Gasteiger partial charge on any atom is 0.247 e. The van der Waals surface area contributed by atoms with E-state index in [-0.39, 0.29) is 23.9 Å².